The van der Waals surface area contributed by atoms with Crippen molar-refractivity contribution in [3.05, 3.63) is 0 Å². The summed E-state index contributed by atoms with van der Waals surface area (Å²) in [6.07, 6.45) is 8.13. The standard InChI is InChI=1S/C27H48O9S2/c1-17(2)6-5-7-18(16-35-37(29,30)31)21-10-11-22-20-9-8-19-14-24(28)25(36-38(32,33)34)15-27(19,4)23(20)12-13-26(21,22)3/h17-25,28H,5-16H2,1-4H3,(H,29,30,31)(H,32,33,34)/t18-,19-,20-,21+,22-,23-,24-,25-,26+,27-/m0/s1. The second-order valence-electron chi connectivity index (χ2n) is 13.8. The molecule has 222 valence electrons. The van der Waals surface area contributed by atoms with Gasteiger partial charge in [0.05, 0.1) is 12.7 Å². The Balaban J connectivity index is 1.53. The van der Waals surface area contributed by atoms with Crippen LogP contribution in [-0.4, -0.2) is 49.9 Å². The van der Waals surface area contributed by atoms with Crippen LogP contribution in [0.25, 0.3) is 0 Å². The number of aliphatic hydroxyl groups is 1. The first-order chi connectivity index (χ1) is 17.5. The Morgan fingerprint density at radius 1 is 0.895 bits per heavy atom. The number of hydrogen-bond acceptors (Lipinski definition) is 7. The molecule has 4 fully saturated rings. The van der Waals surface area contributed by atoms with Crippen molar-refractivity contribution >= 4 is 20.8 Å². The molecular weight excluding hydrogens is 532 g/mol. The Hall–Kier alpha value is -0.300. The average molecular weight is 581 g/mol. The van der Waals surface area contributed by atoms with Gasteiger partial charge in [0.1, 0.15) is 6.10 Å². The SMILES string of the molecule is CC(C)CCC[C@@H](COS(=O)(=O)O)[C@H]1CC[C@H]2[C@@H]3CC[C@H]4C[C@H](O)[C@@H](OS(=O)(=O)O)C[C@]4(C)[C@H]3CC[C@]12C. The van der Waals surface area contributed by atoms with Gasteiger partial charge in [-0.3, -0.25) is 9.11 Å². The van der Waals surface area contributed by atoms with Crippen LogP contribution in [0.2, 0.25) is 0 Å². The molecule has 4 aliphatic carbocycles. The first-order valence-corrected chi connectivity index (χ1v) is 17.2. The third-order valence-corrected chi connectivity index (χ3v) is 12.3. The maximum Gasteiger partial charge on any atom is 0.397 e. The highest BCUT2D eigenvalue weighted by molar-refractivity contribution is 7.81. The van der Waals surface area contributed by atoms with Gasteiger partial charge in [-0.05, 0) is 110 Å². The average Bonchev–Trinajstić information content (AvgIpc) is 3.12. The van der Waals surface area contributed by atoms with Gasteiger partial charge >= 0.3 is 20.8 Å². The molecule has 0 heterocycles. The maximum absolute atomic E-state index is 11.5. The molecule has 0 aromatic heterocycles. The van der Waals surface area contributed by atoms with Crippen molar-refractivity contribution in [2.24, 2.45) is 52.3 Å². The zero-order valence-electron chi connectivity index (χ0n) is 23.3. The highest BCUT2D eigenvalue weighted by atomic mass is 32.3. The van der Waals surface area contributed by atoms with E-state index in [0.717, 1.165) is 57.8 Å². The molecule has 11 heteroatoms. The summed E-state index contributed by atoms with van der Waals surface area (Å²) in [5.41, 5.74) is -0.129. The van der Waals surface area contributed by atoms with E-state index in [2.05, 4.69) is 27.7 Å². The van der Waals surface area contributed by atoms with Gasteiger partial charge in [0.2, 0.25) is 0 Å². The topological polar surface area (TPSA) is 147 Å². The van der Waals surface area contributed by atoms with Crippen molar-refractivity contribution in [1.82, 2.24) is 0 Å². The number of fused-ring (bicyclic) bond motifs is 5. The van der Waals surface area contributed by atoms with E-state index in [4.69, 9.17) is 8.37 Å². The number of rotatable bonds is 10. The van der Waals surface area contributed by atoms with Gasteiger partial charge in [0.25, 0.3) is 0 Å². The van der Waals surface area contributed by atoms with Crippen LogP contribution in [0.5, 0.6) is 0 Å². The summed E-state index contributed by atoms with van der Waals surface area (Å²) in [5.74, 6) is 2.57. The predicted molar refractivity (Wildman–Crippen MR) is 143 cm³/mol. The molecule has 0 aliphatic heterocycles. The van der Waals surface area contributed by atoms with Crippen LogP contribution >= 0.6 is 0 Å². The summed E-state index contributed by atoms with van der Waals surface area (Å²) in [6.45, 7) is 8.99. The minimum atomic E-state index is -4.65. The van der Waals surface area contributed by atoms with Crippen LogP contribution in [0.1, 0.15) is 98.3 Å². The fraction of sp³-hybridized carbons (Fsp3) is 1.00. The normalized spacial score (nSPS) is 42.4. The molecule has 10 atom stereocenters. The first-order valence-electron chi connectivity index (χ1n) is 14.5. The quantitative estimate of drug-likeness (QED) is 0.301. The summed E-state index contributed by atoms with van der Waals surface area (Å²) in [4.78, 5) is 0. The van der Waals surface area contributed by atoms with Crippen molar-refractivity contribution in [1.29, 1.82) is 0 Å². The van der Waals surface area contributed by atoms with Crippen molar-refractivity contribution in [3.8, 4) is 0 Å². The molecule has 0 saturated heterocycles. The van der Waals surface area contributed by atoms with Gasteiger partial charge in [0.15, 0.2) is 0 Å². The number of hydrogen-bond donors (Lipinski definition) is 3. The van der Waals surface area contributed by atoms with E-state index in [9.17, 15) is 31.0 Å². The summed E-state index contributed by atoms with van der Waals surface area (Å²) in [7, 11) is -9.15. The third kappa shape index (κ3) is 6.44. The molecule has 4 saturated carbocycles. The van der Waals surface area contributed by atoms with Crippen LogP contribution < -0.4 is 0 Å². The molecule has 4 aliphatic rings. The van der Waals surface area contributed by atoms with Crippen molar-refractivity contribution in [2.45, 2.75) is 111 Å². The molecule has 0 aromatic carbocycles. The van der Waals surface area contributed by atoms with Crippen molar-refractivity contribution in [3.63, 3.8) is 0 Å². The van der Waals surface area contributed by atoms with Gasteiger partial charge in [-0.1, -0.05) is 40.5 Å². The zero-order valence-corrected chi connectivity index (χ0v) is 24.9. The lowest BCUT2D eigenvalue weighted by molar-refractivity contribution is -0.156. The molecule has 0 spiro atoms. The van der Waals surface area contributed by atoms with Gasteiger partial charge in [-0.15, -0.1) is 0 Å². The molecule has 3 N–H and O–H groups in total. The van der Waals surface area contributed by atoms with Gasteiger partial charge in [-0.2, -0.15) is 16.8 Å². The monoisotopic (exact) mass is 580 g/mol. The summed E-state index contributed by atoms with van der Waals surface area (Å²) < 4.78 is 74.3. The largest absolute Gasteiger partial charge is 0.397 e. The van der Waals surface area contributed by atoms with E-state index in [-0.39, 0.29) is 29.3 Å². The minimum Gasteiger partial charge on any atom is -0.390 e. The molecule has 38 heavy (non-hydrogen) atoms. The molecular formula is C27H48O9S2. The lowest BCUT2D eigenvalue weighted by Gasteiger charge is -2.62. The van der Waals surface area contributed by atoms with Crippen LogP contribution in [0.15, 0.2) is 0 Å². The summed E-state index contributed by atoms with van der Waals surface area (Å²) in [5, 5.41) is 10.6. The van der Waals surface area contributed by atoms with Crippen molar-refractivity contribution < 1.29 is 39.4 Å². The van der Waals surface area contributed by atoms with E-state index in [1.54, 1.807) is 0 Å². The molecule has 4 rings (SSSR count). The Labute approximate surface area is 229 Å². The van der Waals surface area contributed by atoms with E-state index >= 15 is 0 Å². The maximum atomic E-state index is 11.5. The van der Waals surface area contributed by atoms with E-state index < -0.39 is 33.0 Å². The molecule has 0 aromatic rings. The minimum absolute atomic E-state index is 0.0182. The lowest BCUT2D eigenvalue weighted by Crippen LogP contribution is -2.57. The van der Waals surface area contributed by atoms with E-state index in [1.807, 2.05) is 0 Å². The highest BCUT2D eigenvalue weighted by Gasteiger charge is 2.62. The van der Waals surface area contributed by atoms with Gasteiger partial charge in [0, 0.05) is 0 Å². The summed E-state index contributed by atoms with van der Waals surface area (Å²) in [6, 6.07) is 0. The highest BCUT2D eigenvalue weighted by Crippen LogP contribution is 2.68. The molecule has 9 nitrogen and oxygen atoms in total. The molecule has 0 radical (unpaired) electrons. The predicted octanol–water partition coefficient (Wildman–Crippen LogP) is 5.07. The molecule has 0 unspecified atom stereocenters. The second-order valence-corrected chi connectivity index (χ2v) is 15.9. The van der Waals surface area contributed by atoms with Gasteiger partial charge in [-0.25, -0.2) is 8.37 Å². The van der Waals surface area contributed by atoms with Crippen LogP contribution in [0.3, 0.4) is 0 Å². The first kappa shape index (κ1) is 30.7. The van der Waals surface area contributed by atoms with E-state index in [0.29, 0.717) is 42.4 Å². The van der Waals surface area contributed by atoms with Crippen LogP contribution in [0.4, 0.5) is 0 Å². The van der Waals surface area contributed by atoms with E-state index in [1.165, 1.54) is 0 Å². The fourth-order valence-electron chi connectivity index (χ4n) is 9.68. The molecule has 0 bridgehead atoms. The van der Waals surface area contributed by atoms with Crippen molar-refractivity contribution in [2.75, 3.05) is 6.61 Å². The van der Waals surface area contributed by atoms with Gasteiger partial charge < -0.3 is 5.11 Å². The summed E-state index contributed by atoms with van der Waals surface area (Å²) >= 11 is 0. The molecule has 0 amide bonds. The third-order valence-electron chi connectivity index (χ3n) is 11.3. The smallest absolute Gasteiger partial charge is 0.390 e. The Morgan fingerprint density at radius 3 is 2.21 bits per heavy atom. The Bertz CT molecular complexity index is 1040. The fourth-order valence-corrected chi connectivity index (χ4v) is 10.5. The zero-order chi connectivity index (χ0) is 28.1. The van der Waals surface area contributed by atoms with Crippen LogP contribution in [-0.2, 0) is 29.2 Å². The number of aliphatic hydroxyl groups excluding tert-OH is 1. The second kappa shape index (κ2) is 11.2. The lowest BCUT2D eigenvalue weighted by atomic mass is 9.44. The Morgan fingerprint density at radius 2 is 1.58 bits per heavy atom. The Kier molecular flexibility index (Phi) is 9.01. The van der Waals surface area contributed by atoms with Crippen LogP contribution in [0, 0.1) is 52.3 Å².